The molecule has 6 heteroatoms. The van der Waals surface area contributed by atoms with Crippen LogP contribution in [0.4, 0.5) is 5.69 Å². The molecule has 0 spiro atoms. The van der Waals surface area contributed by atoms with Crippen LogP contribution in [0.2, 0.25) is 0 Å². The highest BCUT2D eigenvalue weighted by Crippen LogP contribution is 2.35. The van der Waals surface area contributed by atoms with Crippen molar-refractivity contribution in [2.24, 2.45) is 0 Å². The number of hydrogen-bond acceptors (Lipinski definition) is 4. The molecule has 0 radical (unpaired) electrons. The number of para-hydroxylation sites is 1. The van der Waals surface area contributed by atoms with E-state index in [4.69, 9.17) is 0 Å². The second-order valence-corrected chi connectivity index (χ2v) is 9.37. The third kappa shape index (κ3) is 4.39. The fourth-order valence-electron chi connectivity index (χ4n) is 3.58. The van der Waals surface area contributed by atoms with Gasteiger partial charge in [-0.1, -0.05) is 72.3 Å². The molecule has 0 saturated heterocycles. The number of sulfonamides is 1. The van der Waals surface area contributed by atoms with Crippen LogP contribution < -0.4 is 9.62 Å². The first-order valence-corrected chi connectivity index (χ1v) is 11.6. The Labute approximate surface area is 183 Å². The SMILES string of the molecule is Cc1ccc(CN2c3ccccc3C(=O)/C(=C\NCCc3ccccc3)S2(=O)=O)cc1. The van der Waals surface area contributed by atoms with Crippen LogP contribution in [0, 0.1) is 6.92 Å². The van der Waals surface area contributed by atoms with Gasteiger partial charge in [-0.25, -0.2) is 8.42 Å². The number of nitrogens with one attached hydrogen (secondary N) is 1. The molecule has 1 N–H and O–H groups in total. The molecule has 5 nitrogen and oxygen atoms in total. The maximum absolute atomic E-state index is 13.4. The number of anilines is 1. The average molecular weight is 433 g/mol. The first-order chi connectivity index (χ1) is 15.0. The molecule has 0 amide bonds. The Hall–Kier alpha value is -3.38. The quantitative estimate of drug-likeness (QED) is 0.468. The van der Waals surface area contributed by atoms with Crippen molar-refractivity contribution < 1.29 is 13.2 Å². The molecule has 0 saturated carbocycles. The number of carbonyl (C=O) groups is 1. The Kier molecular flexibility index (Phi) is 5.91. The standard InChI is InChI=1S/C25H24N2O3S/c1-19-11-13-21(14-12-19)18-27-23-10-6-5-9-22(23)25(28)24(31(27,29)30)17-26-16-15-20-7-3-2-4-8-20/h2-14,17,26H,15-16,18H2,1H3/b24-17+. The smallest absolute Gasteiger partial charge is 0.270 e. The van der Waals surface area contributed by atoms with Gasteiger partial charge in [-0.2, -0.15) is 0 Å². The van der Waals surface area contributed by atoms with Crippen LogP contribution >= 0.6 is 0 Å². The number of ketones is 1. The lowest BCUT2D eigenvalue weighted by atomic mass is 10.1. The summed E-state index contributed by atoms with van der Waals surface area (Å²) in [6.07, 6.45) is 2.07. The van der Waals surface area contributed by atoms with Crippen molar-refractivity contribution in [3.63, 3.8) is 0 Å². The number of rotatable bonds is 6. The molecule has 1 heterocycles. The number of nitrogens with zero attached hydrogens (tertiary/aromatic N) is 1. The Bertz CT molecular complexity index is 1220. The highest BCUT2D eigenvalue weighted by atomic mass is 32.2. The zero-order chi connectivity index (χ0) is 21.8. The van der Waals surface area contributed by atoms with Crippen molar-refractivity contribution >= 4 is 21.5 Å². The van der Waals surface area contributed by atoms with Gasteiger partial charge in [-0.15, -0.1) is 0 Å². The highest BCUT2D eigenvalue weighted by Gasteiger charge is 2.39. The minimum Gasteiger partial charge on any atom is -0.389 e. The van der Waals surface area contributed by atoms with Gasteiger partial charge < -0.3 is 5.32 Å². The molecule has 1 aliphatic heterocycles. The van der Waals surface area contributed by atoms with Gasteiger partial charge in [0.05, 0.1) is 12.2 Å². The van der Waals surface area contributed by atoms with Crippen molar-refractivity contribution in [2.45, 2.75) is 19.9 Å². The van der Waals surface area contributed by atoms with Crippen LogP contribution in [-0.2, 0) is 23.0 Å². The van der Waals surface area contributed by atoms with Gasteiger partial charge in [0, 0.05) is 18.3 Å². The minimum absolute atomic E-state index is 0.161. The van der Waals surface area contributed by atoms with Crippen molar-refractivity contribution in [2.75, 3.05) is 10.8 Å². The van der Waals surface area contributed by atoms with E-state index in [0.717, 1.165) is 23.1 Å². The molecule has 158 valence electrons. The van der Waals surface area contributed by atoms with Gasteiger partial charge >= 0.3 is 0 Å². The van der Waals surface area contributed by atoms with Crippen LogP contribution in [0.5, 0.6) is 0 Å². The molecule has 3 aromatic carbocycles. The summed E-state index contributed by atoms with van der Waals surface area (Å²) in [7, 11) is -4.00. The Morgan fingerprint density at radius 1 is 0.871 bits per heavy atom. The zero-order valence-corrected chi connectivity index (χ0v) is 18.1. The molecular weight excluding hydrogens is 408 g/mol. The summed E-state index contributed by atoms with van der Waals surface area (Å²) in [5.74, 6) is -0.483. The largest absolute Gasteiger partial charge is 0.389 e. The fraction of sp³-hybridized carbons (Fsp3) is 0.160. The van der Waals surface area contributed by atoms with Crippen molar-refractivity contribution in [3.8, 4) is 0 Å². The predicted molar refractivity (Wildman–Crippen MR) is 123 cm³/mol. The van der Waals surface area contributed by atoms with E-state index in [9.17, 15) is 13.2 Å². The number of allylic oxidation sites excluding steroid dienone is 1. The monoisotopic (exact) mass is 432 g/mol. The van der Waals surface area contributed by atoms with Crippen LogP contribution in [-0.4, -0.2) is 20.7 Å². The third-order valence-electron chi connectivity index (χ3n) is 5.29. The van der Waals surface area contributed by atoms with E-state index >= 15 is 0 Å². The maximum atomic E-state index is 13.4. The summed E-state index contributed by atoms with van der Waals surface area (Å²) in [5, 5.41) is 3.02. The topological polar surface area (TPSA) is 66.5 Å². The molecule has 0 fully saturated rings. The van der Waals surface area contributed by atoms with E-state index in [2.05, 4.69) is 5.32 Å². The van der Waals surface area contributed by atoms with E-state index in [1.165, 1.54) is 10.5 Å². The normalized spacial score (nSPS) is 16.2. The molecule has 0 unspecified atom stereocenters. The Morgan fingerprint density at radius 3 is 2.29 bits per heavy atom. The van der Waals surface area contributed by atoms with E-state index < -0.39 is 15.8 Å². The first kappa shape index (κ1) is 20.9. The van der Waals surface area contributed by atoms with Gasteiger partial charge in [0.15, 0.2) is 4.91 Å². The van der Waals surface area contributed by atoms with Crippen LogP contribution in [0.15, 0.2) is 90.0 Å². The van der Waals surface area contributed by atoms with Gasteiger partial charge in [0.25, 0.3) is 10.0 Å². The van der Waals surface area contributed by atoms with Gasteiger partial charge in [0.2, 0.25) is 5.78 Å². The van der Waals surface area contributed by atoms with E-state index in [1.54, 1.807) is 24.3 Å². The van der Waals surface area contributed by atoms with E-state index in [0.29, 0.717) is 17.8 Å². The molecule has 1 aliphatic rings. The summed E-state index contributed by atoms with van der Waals surface area (Å²) >= 11 is 0. The average Bonchev–Trinajstić information content (AvgIpc) is 2.78. The number of fused-ring (bicyclic) bond motifs is 1. The second kappa shape index (κ2) is 8.78. The molecule has 31 heavy (non-hydrogen) atoms. The summed E-state index contributed by atoms with van der Waals surface area (Å²) in [4.78, 5) is 12.8. The minimum atomic E-state index is -4.00. The van der Waals surface area contributed by atoms with Crippen molar-refractivity contribution in [1.82, 2.24) is 5.32 Å². The van der Waals surface area contributed by atoms with Gasteiger partial charge in [-0.3, -0.25) is 9.10 Å². The van der Waals surface area contributed by atoms with Crippen LogP contribution in [0.3, 0.4) is 0 Å². The zero-order valence-electron chi connectivity index (χ0n) is 17.3. The summed E-state index contributed by atoms with van der Waals surface area (Å²) < 4.78 is 28.2. The predicted octanol–water partition coefficient (Wildman–Crippen LogP) is 4.20. The number of benzene rings is 3. The van der Waals surface area contributed by atoms with Crippen molar-refractivity contribution in [1.29, 1.82) is 0 Å². The number of carbonyl (C=O) groups excluding carboxylic acids is 1. The highest BCUT2D eigenvalue weighted by molar-refractivity contribution is 7.97. The molecule has 3 aromatic rings. The molecule has 0 aliphatic carbocycles. The molecule has 0 aromatic heterocycles. The van der Waals surface area contributed by atoms with Crippen LogP contribution in [0.25, 0.3) is 0 Å². The number of hydrogen-bond donors (Lipinski definition) is 1. The van der Waals surface area contributed by atoms with Crippen LogP contribution in [0.1, 0.15) is 27.0 Å². The first-order valence-electron chi connectivity index (χ1n) is 10.2. The lowest BCUT2D eigenvalue weighted by Crippen LogP contribution is -2.39. The van der Waals surface area contributed by atoms with Gasteiger partial charge in [-0.05, 0) is 36.6 Å². The molecule has 4 rings (SSSR count). The number of aryl methyl sites for hydroxylation is 1. The van der Waals surface area contributed by atoms with E-state index in [-0.39, 0.29) is 11.4 Å². The van der Waals surface area contributed by atoms with E-state index in [1.807, 2.05) is 61.5 Å². The molecular formula is C25H24N2O3S. The lowest BCUT2D eigenvalue weighted by Gasteiger charge is -2.31. The molecule has 0 atom stereocenters. The maximum Gasteiger partial charge on any atom is 0.270 e. The Balaban J connectivity index is 1.63. The fourth-order valence-corrected chi connectivity index (χ4v) is 5.13. The Morgan fingerprint density at radius 2 is 1.55 bits per heavy atom. The van der Waals surface area contributed by atoms with Gasteiger partial charge in [0.1, 0.15) is 0 Å². The van der Waals surface area contributed by atoms with Crippen molar-refractivity contribution in [3.05, 3.63) is 112 Å². The summed E-state index contributed by atoms with van der Waals surface area (Å²) in [6, 6.07) is 24.5. The second-order valence-electron chi connectivity index (χ2n) is 7.54. The summed E-state index contributed by atoms with van der Waals surface area (Å²) in [6.45, 7) is 2.67. The number of Topliss-reactive ketones (excluding diaryl/α,β-unsaturated/α-hetero) is 1. The summed E-state index contributed by atoms with van der Waals surface area (Å²) in [5.41, 5.74) is 3.89. The molecule has 0 bridgehead atoms. The lowest BCUT2D eigenvalue weighted by molar-refractivity contribution is 0.104. The third-order valence-corrected chi connectivity index (χ3v) is 7.06.